The van der Waals surface area contributed by atoms with Gasteiger partial charge in [0.25, 0.3) is 0 Å². The van der Waals surface area contributed by atoms with Crippen molar-refractivity contribution < 1.29 is 19.1 Å². The fourth-order valence-electron chi connectivity index (χ4n) is 2.11. The number of anilines is 1. The molecule has 0 bridgehead atoms. The summed E-state index contributed by atoms with van der Waals surface area (Å²) in [6.07, 6.45) is 1.52. The highest BCUT2D eigenvalue weighted by Crippen LogP contribution is 2.25. The van der Waals surface area contributed by atoms with Gasteiger partial charge >= 0.3 is 12.1 Å². The first-order valence-corrected chi connectivity index (χ1v) is 7.92. The SMILES string of the molecule is CCOC(=O)C(CN1C=CCN1)OC(=O)Nc1c(Cl)cccc1C#N. The van der Waals surface area contributed by atoms with E-state index in [0.717, 1.165) is 0 Å². The van der Waals surface area contributed by atoms with E-state index in [1.807, 2.05) is 12.1 Å². The normalized spacial score (nSPS) is 13.9. The number of amides is 1. The molecule has 8 nitrogen and oxygen atoms in total. The van der Waals surface area contributed by atoms with Crippen LogP contribution in [0.1, 0.15) is 12.5 Å². The smallest absolute Gasteiger partial charge is 0.412 e. The Morgan fingerprint density at radius 1 is 1.52 bits per heavy atom. The summed E-state index contributed by atoms with van der Waals surface area (Å²) in [6, 6.07) is 6.54. The molecule has 1 aromatic rings. The van der Waals surface area contributed by atoms with E-state index < -0.39 is 18.2 Å². The molecule has 1 aliphatic rings. The van der Waals surface area contributed by atoms with Crippen molar-refractivity contribution in [2.45, 2.75) is 13.0 Å². The number of benzene rings is 1. The third-order valence-electron chi connectivity index (χ3n) is 3.22. The van der Waals surface area contributed by atoms with E-state index in [4.69, 9.17) is 26.3 Å². The molecule has 1 unspecified atom stereocenters. The number of carbonyl (C=O) groups excluding carboxylic acids is 2. The molecule has 0 spiro atoms. The van der Waals surface area contributed by atoms with E-state index >= 15 is 0 Å². The maximum absolute atomic E-state index is 12.2. The van der Waals surface area contributed by atoms with Gasteiger partial charge in [-0.2, -0.15) is 5.26 Å². The van der Waals surface area contributed by atoms with Crippen LogP contribution in [-0.4, -0.2) is 42.9 Å². The van der Waals surface area contributed by atoms with Gasteiger partial charge in [-0.1, -0.05) is 23.7 Å². The Hall–Kier alpha value is -2.76. The van der Waals surface area contributed by atoms with Crippen molar-refractivity contribution in [2.75, 3.05) is 25.0 Å². The Labute approximate surface area is 149 Å². The lowest BCUT2D eigenvalue weighted by atomic mass is 10.2. The summed E-state index contributed by atoms with van der Waals surface area (Å²) in [5.74, 6) is -0.667. The van der Waals surface area contributed by atoms with Gasteiger partial charge in [-0.25, -0.2) is 15.0 Å². The van der Waals surface area contributed by atoms with Crippen LogP contribution in [0.2, 0.25) is 5.02 Å². The van der Waals surface area contributed by atoms with Gasteiger partial charge < -0.3 is 14.5 Å². The van der Waals surface area contributed by atoms with Gasteiger partial charge in [0.05, 0.1) is 29.4 Å². The predicted octanol–water partition coefficient (Wildman–Crippen LogP) is 2.03. The van der Waals surface area contributed by atoms with Crippen LogP contribution in [0, 0.1) is 11.3 Å². The van der Waals surface area contributed by atoms with Gasteiger partial charge in [-0.15, -0.1) is 0 Å². The van der Waals surface area contributed by atoms with Gasteiger partial charge in [0, 0.05) is 12.7 Å². The lowest BCUT2D eigenvalue weighted by molar-refractivity contribution is -0.153. The topological polar surface area (TPSA) is 104 Å². The Kier molecular flexibility index (Phi) is 6.62. The van der Waals surface area contributed by atoms with E-state index in [9.17, 15) is 9.59 Å². The Morgan fingerprint density at radius 2 is 2.32 bits per heavy atom. The summed E-state index contributed by atoms with van der Waals surface area (Å²) in [4.78, 5) is 24.2. The molecule has 1 heterocycles. The third-order valence-corrected chi connectivity index (χ3v) is 3.53. The van der Waals surface area contributed by atoms with Crippen LogP contribution in [0.3, 0.4) is 0 Å². The third kappa shape index (κ3) is 5.11. The minimum Gasteiger partial charge on any atom is -0.463 e. The second-order valence-electron chi connectivity index (χ2n) is 4.94. The zero-order valence-corrected chi connectivity index (χ0v) is 14.2. The van der Waals surface area contributed by atoms with Crippen LogP contribution in [0.4, 0.5) is 10.5 Å². The number of halogens is 1. The number of hydrazine groups is 1. The molecule has 1 aromatic carbocycles. The molecular formula is C16H17ClN4O4. The summed E-state index contributed by atoms with van der Waals surface area (Å²) in [7, 11) is 0. The number of para-hydroxylation sites is 1. The summed E-state index contributed by atoms with van der Waals surface area (Å²) >= 11 is 6.00. The molecule has 9 heteroatoms. The van der Waals surface area contributed by atoms with Crippen LogP contribution in [0.15, 0.2) is 30.5 Å². The van der Waals surface area contributed by atoms with Crippen LogP contribution < -0.4 is 10.7 Å². The number of nitrogens with zero attached hydrogens (tertiary/aromatic N) is 2. The number of esters is 1. The van der Waals surface area contributed by atoms with Crippen molar-refractivity contribution >= 4 is 29.4 Å². The van der Waals surface area contributed by atoms with Gasteiger partial charge in [-0.3, -0.25) is 5.32 Å². The van der Waals surface area contributed by atoms with Crippen LogP contribution >= 0.6 is 11.6 Å². The monoisotopic (exact) mass is 364 g/mol. The number of nitriles is 1. The summed E-state index contributed by atoms with van der Waals surface area (Å²) in [5, 5.41) is 13.3. The number of nitrogens with one attached hydrogen (secondary N) is 2. The van der Waals surface area contributed by atoms with Crippen molar-refractivity contribution in [1.82, 2.24) is 10.4 Å². The number of rotatable bonds is 6. The van der Waals surface area contributed by atoms with Crippen molar-refractivity contribution in [3.63, 3.8) is 0 Å². The van der Waals surface area contributed by atoms with E-state index in [1.54, 1.807) is 24.2 Å². The molecule has 0 radical (unpaired) electrons. The average molecular weight is 365 g/mol. The predicted molar refractivity (Wildman–Crippen MR) is 90.5 cm³/mol. The lowest BCUT2D eigenvalue weighted by Crippen LogP contribution is -2.43. The fraction of sp³-hybridized carbons (Fsp3) is 0.312. The fourth-order valence-corrected chi connectivity index (χ4v) is 2.33. The molecular weight excluding hydrogens is 348 g/mol. The highest BCUT2D eigenvalue weighted by molar-refractivity contribution is 6.34. The number of carbonyl (C=O) groups is 2. The molecule has 0 aliphatic carbocycles. The molecule has 1 atom stereocenters. The standard InChI is InChI=1S/C16H17ClN4O4/c1-2-24-15(22)13(10-21-8-4-7-19-21)25-16(23)20-14-11(9-18)5-3-6-12(14)17/h3-6,8,13,19H,2,7,10H2,1H3,(H,20,23). The summed E-state index contributed by atoms with van der Waals surface area (Å²) < 4.78 is 10.1. The zero-order chi connectivity index (χ0) is 18.2. The van der Waals surface area contributed by atoms with Crippen molar-refractivity contribution in [3.8, 4) is 6.07 Å². The number of ether oxygens (including phenoxy) is 2. The Morgan fingerprint density at radius 3 is 2.96 bits per heavy atom. The molecule has 0 saturated heterocycles. The summed E-state index contributed by atoms with van der Waals surface area (Å²) in [6.45, 7) is 2.52. The highest BCUT2D eigenvalue weighted by atomic mass is 35.5. The maximum Gasteiger partial charge on any atom is 0.412 e. The van der Waals surface area contributed by atoms with Crippen molar-refractivity contribution in [2.24, 2.45) is 0 Å². The van der Waals surface area contributed by atoms with Gasteiger partial charge in [0.2, 0.25) is 6.10 Å². The minimum absolute atomic E-state index is 0.0797. The zero-order valence-electron chi connectivity index (χ0n) is 13.5. The largest absolute Gasteiger partial charge is 0.463 e. The maximum atomic E-state index is 12.2. The van der Waals surface area contributed by atoms with Crippen LogP contribution in [0.25, 0.3) is 0 Å². The Balaban J connectivity index is 2.07. The molecule has 1 aliphatic heterocycles. The molecule has 1 amide bonds. The summed E-state index contributed by atoms with van der Waals surface area (Å²) in [5.41, 5.74) is 3.28. The quantitative estimate of drug-likeness (QED) is 0.744. The molecule has 2 rings (SSSR count). The molecule has 2 N–H and O–H groups in total. The molecule has 0 aromatic heterocycles. The minimum atomic E-state index is -1.15. The second kappa shape index (κ2) is 8.92. The van der Waals surface area contributed by atoms with Crippen molar-refractivity contribution in [1.29, 1.82) is 5.26 Å². The molecule has 132 valence electrons. The van der Waals surface area contributed by atoms with E-state index in [-0.39, 0.29) is 29.4 Å². The van der Waals surface area contributed by atoms with Crippen LogP contribution in [0.5, 0.6) is 0 Å². The van der Waals surface area contributed by atoms with E-state index in [0.29, 0.717) is 6.54 Å². The van der Waals surface area contributed by atoms with Gasteiger partial charge in [0.15, 0.2) is 0 Å². The molecule has 0 saturated carbocycles. The molecule has 0 fully saturated rings. The number of hydrogen-bond acceptors (Lipinski definition) is 7. The van der Waals surface area contributed by atoms with E-state index in [1.165, 1.54) is 12.1 Å². The van der Waals surface area contributed by atoms with E-state index in [2.05, 4.69) is 10.7 Å². The van der Waals surface area contributed by atoms with Crippen molar-refractivity contribution in [3.05, 3.63) is 41.1 Å². The lowest BCUT2D eigenvalue weighted by Gasteiger charge is -2.23. The van der Waals surface area contributed by atoms with Gasteiger partial charge in [-0.05, 0) is 19.1 Å². The average Bonchev–Trinajstić information content (AvgIpc) is 3.09. The first-order valence-electron chi connectivity index (χ1n) is 7.54. The number of hydrogen-bond donors (Lipinski definition) is 2. The first-order chi connectivity index (χ1) is 12.0. The van der Waals surface area contributed by atoms with Gasteiger partial charge in [0.1, 0.15) is 6.07 Å². The first kappa shape index (κ1) is 18.6. The highest BCUT2D eigenvalue weighted by Gasteiger charge is 2.27. The van der Waals surface area contributed by atoms with Crippen LogP contribution in [-0.2, 0) is 14.3 Å². The second-order valence-corrected chi connectivity index (χ2v) is 5.35. The molecule has 25 heavy (non-hydrogen) atoms. The Bertz CT molecular complexity index is 717.